The van der Waals surface area contributed by atoms with Crippen LogP contribution in [0, 0.1) is 5.41 Å². The van der Waals surface area contributed by atoms with Crippen LogP contribution in [-0.4, -0.2) is 17.9 Å². The Balaban J connectivity index is 1.92. The Morgan fingerprint density at radius 2 is 2.05 bits per heavy atom. The maximum atomic E-state index is 12.8. The van der Waals surface area contributed by atoms with Crippen LogP contribution >= 0.6 is 23.2 Å². The van der Waals surface area contributed by atoms with Crippen molar-refractivity contribution < 1.29 is 4.79 Å². The molecule has 0 aromatic heterocycles. The Morgan fingerprint density at radius 3 is 2.79 bits per heavy atom. The Morgan fingerprint density at radius 1 is 1.26 bits per heavy atom. The third kappa shape index (κ3) is 2.20. The predicted octanol–water partition coefficient (Wildman–Crippen LogP) is 4.10. The number of halogens is 2. The molecule has 0 radical (unpaired) electrons. The second-order valence-electron chi connectivity index (χ2n) is 5.91. The van der Waals surface area contributed by atoms with Gasteiger partial charge >= 0.3 is 0 Å². The van der Waals surface area contributed by atoms with Crippen molar-refractivity contribution in [3.05, 3.63) is 33.8 Å². The number of carbonyl (C=O) groups excluding carboxylic acids is 1. The molecule has 0 aliphatic carbocycles. The van der Waals surface area contributed by atoms with Crippen molar-refractivity contribution >= 4 is 29.0 Å². The molecule has 2 fully saturated rings. The van der Waals surface area contributed by atoms with E-state index in [1.807, 2.05) is 0 Å². The Hall–Kier alpha value is -0.570. The number of fused-ring (bicyclic) bond motifs is 2. The minimum absolute atomic E-state index is 0.184. The second kappa shape index (κ2) is 4.76. The lowest BCUT2D eigenvalue weighted by Gasteiger charge is -2.39. The molecule has 1 N–H and O–H groups in total. The molecule has 1 aromatic carbocycles. The summed E-state index contributed by atoms with van der Waals surface area (Å²) in [5, 5.41) is 4.52. The summed E-state index contributed by atoms with van der Waals surface area (Å²) in [6.07, 6.45) is 4.32. The fourth-order valence-corrected chi connectivity index (χ4v) is 3.73. The van der Waals surface area contributed by atoms with Gasteiger partial charge < -0.3 is 5.32 Å². The van der Waals surface area contributed by atoms with Crippen LogP contribution in [0.3, 0.4) is 0 Å². The van der Waals surface area contributed by atoms with Crippen LogP contribution in [0.15, 0.2) is 18.2 Å². The van der Waals surface area contributed by atoms with Gasteiger partial charge in [0.1, 0.15) is 0 Å². The highest BCUT2D eigenvalue weighted by atomic mass is 35.5. The first kappa shape index (κ1) is 13.4. The fraction of sp³-hybridized carbons (Fsp3) is 0.533. The van der Waals surface area contributed by atoms with E-state index in [0.717, 1.165) is 19.3 Å². The first-order chi connectivity index (χ1) is 9.00. The zero-order valence-electron chi connectivity index (χ0n) is 10.9. The fourth-order valence-electron chi connectivity index (χ4n) is 3.44. The molecular weight excluding hydrogens is 281 g/mol. The van der Waals surface area contributed by atoms with Gasteiger partial charge in [0.15, 0.2) is 5.78 Å². The van der Waals surface area contributed by atoms with E-state index in [1.54, 1.807) is 18.2 Å². The largest absolute Gasteiger partial charge is 0.310 e. The summed E-state index contributed by atoms with van der Waals surface area (Å²) in [5.74, 6) is 0.184. The molecule has 1 aromatic rings. The van der Waals surface area contributed by atoms with Gasteiger partial charge in [-0.05, 0) is 43.9 Å². The van der Waals surface area contributed by atoms with E-state index in [2.05, 4.69) is 12.2 Å². The van der Waals surface area contributed by atoms with Gasteiger partial charge in [0, 0.05) is 23.1 Å². The number of hydrogen-bond acceptors (Lipinski definition) is 2. The number of benzene rings is 1. The van der Waals surface area contributed by atoms with Gasteiger partial charge in [0.2, 0.25) is 0 Å². The summed E-state index contributed by atoms with van der Waals surface area (Å²) in [7, 11) is 0. The molecule has 2 nitrogen and oxygen atoms in total. The smallest absolute Gasteiger partial charge is 0.170 e. The van der Waals surface area contributed by atoms with Crippen molar-refractivity contribution in [1.82, 2.24) is 5.32 Å². The van der Waals surface area contributed by atoms with Crippen molar-refractivity contribution in [3.63, 3.8) is 0 Å². The van der Waals surface area contributed by atoms with E-state index < -0.39 is 0 Å². The van der Waals surface area contributed by atoms with Crippen molar-refractivity contribution in [3.8, 4) is 0 Å². The third-order valence-corrected chi connectivity index (χ3v) is 5.46. The molecule has 3 rings (SSSR count). The van der Waals surface area contributed by atoms with E-state index in [-0.39, 0.29) is 11.2 Å². The molecule has 4 heteroatoms. The van der Waals surface area contributed by atoms with Crippen LogP contribution in [0.2, 0.25) is 10.0 Å². The molecule has 3 atom stereocenters. The Kier molecular flexibility index (Phi) is 3.36. The highest BCUT2D eigenvalue weighted by molar-refractivity contribution is 6.42. The van der Waals surface area contributed by atoms with Gasteiger partial charge in [-0.15, -0.1) is 0 Å². The van der Waals surface area contributed by atoms with E-state index in [4.69, 9.17) is 23.2 Å². The molecule has 2 aliphatic rings. The molecule has 2 aliphatic heterocycles. The third-order valence-electron chi connectivity index (χ3n) is 4.72. The van der Waals surface area contributed by atoms with Gasteiger partial charge in [-0.25, -0.2) is 0 Å². The molecule has 0 spiro atoms. The Bertz CT molecular complexity index is 531. The minimum atomic E-state index is -0.315. The van der Waals surface area contributed by atoms with Crippen molar-refractivity contribution in [2.75, 3.05) is 0 Å². The summed E-state index contributed by atoms with van der Waals surface area (Å²) in [6.45, 7) is 2.08. The topological polar surface area (TPSA) is 29.1 Å². The minimum Gasteiger partial charge on any atom is -0.310 e. The van der Waals surface area contributed by atoms with Crippen LogP contribution < -0.4 is 5.32 Å². The first-order valence-electron chi connectivity index (χ1n) is 6.76. The van der Waals surface area contributed by atoms with Crippen molar-refractivity contribution in [2.24, 2.45) is 5.41 Å². The number of carbonyl (C=O) groups is 1. The lowest BCUT2D eigenvalue weighted by molar-refractivity contribution is 0.0694. The summed E-state index contributed by atoms with van der Waals surface area (Å²) >= 11 is 11.9. The van der Waals surface area contributed by atoms with Gasteiger partial charge in [-0.3, -0.25) is 4.79 Å². The molecule has 0 saturated carbocycles. The summed E-state index contributed by atoms with van der Waals surface area (Å²) in [5.41, 5.74) is 0.355. The van der Waals surface area contributed by atoms with Crippen LogP contribution in [0.4, 0.5) is 0 Å². The summed E-state index contributed by atoms with van der Waals surface area (Å²) in [6, 6.07) is 6.09. The number of hydrogen-bond donors (Lipinski definition) is 1. The summed E-state index contributed by atoms with van der Waals surface area (Å²) < 4.78 is 0. The van der Waals surface area contributed by atoms with Gasteiger partial charge in [-0.1, -0.05) is 30.1 Å². The molecular formula is C15H17Cl2NO. The van der Waals surface area contributed by atoms with Gasteiger partial charge in [0.05, 0.1) is 10.0 Å². The number of nitrogens with one attached hydrogen (secondary N) is 1. The predicted molar refractivity (Wildman–Crippen MR) is 78.1 cm³/mol. The maximum Gasteiger partial charge on any atom is 0.170 e. The highest BCUT2D eigenvalue weighted by Gasteiger charge is 2.48. The molecule has 2 heterocycles. The zero-order chi connectivity index (χ0) is 13.6. The van der Waals surface area contributed by atoms with Crippen LogP contribution in [0.1, 0.15) is 43.0 Å². The Labute approximate surface area is 123 Å². The van der Waals surface area contributed by atoms with Crippen LogP contribution in [0.5, 0.6) is 0 Å². The normalized spacial score (nSPS) is 33.4. The summed E-state index contributed by atoms with van der Waals surface area (Å²) in [4.78, 5) is 12.8. The molecule has 19 heavy (non-hydrogen) atoms. The number of ketones is 1. The molecule has 102 valence electrons. The average molecular weight is 298 g/mol. The van der Waals surface area contributed by atoms with Gasteiger partial charge in [-0.2, -0.15) is 0 Å². The number of Topliss-reactive ketones (excluding diaryl/α,β-unsaturated/α-hetero) is 1. The lowest BCUT2D eigenvalue weighted by Crippen LogP contribution is -2.51. The van der Waals surface area contributed by atoms with Crippen LogP contribution in [-0.2, 0) is 0 Å². The van der Waals surface area contributed by atoms with E-state index in [0.29, 0.717) is 27.7 Å². The van der Waals surface area contributed by atoms with E-state index >= 15 is 0 Å². The SMILES string of the molecule is CC1(C(=O)c2ccc(Cl)c(Cl)c2)CC[C@H]2CC[C@H]1N2. The quantitative estimate of drug-likeness (QED) is 0.833. The van der Waals surface area contributed by atoms with Gasteiger partial charge in [0.25, 0.3) is 0 Å². The lowest BCUT2D eigenvalue weighted by atomic mass is 9.71. The second-order valence-corrected chi connectivity index (χ2v) is 6.72. The molecule has 1 unspecified atom stereocenters. The zero-order valence-corrected chi connectivity index (χ0v) is 12.4. The number of rotatable bonds is 2. The van der Waals surface area contributed by atoms with Crippen molar-refractivity contribution in [1.29, 1.82) is 0 Å². The monoisotopic (exact) mass is 297 g/mol. The molecule has 2 saturated heterocycles. The molecule has 2 bridgehead atoms. The van der Waals surface area contributed by atoms with E-state index in [1.165, 1.54) is 6.42 Å². The van der Waals surface area contributed by atoms with E-state index in [9.17, 15) is 4.79 Å². The highest BCUT2D eigenvalue weighted by Crippen LogP contribution is 2.43. The average Bonchev–Trinajstić information content (AvgIpc) is 2.82. The van der Waals surface area contributed by atoms with Crippen molar-refractivity contribution in [2.45, 2.75) is 44.7 Å². The van der Waals surface area contributed by atoms with Crippen LogP contribution in [0.25, 0.3) is 0 Å². The molecule has 0 amide bonds. The number of piperidine rings is 1. The first-order valence-corrected chi connectivity index (χ1v) is 7.52. The standard InChI is InChI=1S/C15H17Cl2NO/c1-15(7-6-10-3-5-13(15)18-10)14(19)9-2-4-11(16)12(17)8-9/h2,4,8,10,13,18H,3,5-7H2,1H3/t10-,13-,15?/m1/s1. The maximum absolute atomic E-state index is 12.8.